The first-order chi connectivity index (χ1) is 13.8. The third-order valence-electron chi connectivity index (χ3n) is 4.42. The lowest BCUT2D eigenvalue weighted by molar-refractivity contribution is 0.104. The van der Waals surface area contributed by atoms with Crippen molar-refractivity contribution in [1.29, 1.82) is 0 Å². The van der Waals surface area contributed by atoms with Gasteiger partial charge in [0, 0.05) is 17.3 Å². The second kappa shape index (κ2) is 9.02. The number of nitrogen functional groups attached to an aromatic ring is 1. The van der Waals surface area contributed by atoms with Gasteiger partial charge in [0.05, 0.1) is 0 Å². The topological polar surface area (TPSA) is 80.5 Å². The SMILES string of the molecule is CC(COc1ccc(Nc2nc(N)c(C(=O)c3cccc(F)c3)s2)cc1)N(C)C. The standard InChI is InChI=1S/C21H23FN4O2S/c1-13(26(2)3)12-28-17-9-7-16(8-10-17)24-21-25-20(23)19(29-21)18(27)14-5-4-6-15(22)11-14/h4-11,13H,12,23H2,1-3H3,(H,24,25). The average molecular weight is 415 g/mol. The number of halogens is 1. The number of carbonyl (C=O) groups excluding carboxylic acids is 1. The van der Waals surface area contributed by atoms with Gasteiger partial charge < -0.3 is 20.7 Å². The van der Waals surface area contributed by atoms with E-state index in [-0.39, 0.29) is 22.0 Å². The molecule has 0 spiro atoms. The number of aromatic nitrogens is 1. The summed E-state index contributed by atoms with van der Waals surface area (Å²) in [6, 6.07) is 13.3. The number of hydrogen-bond acceptors (Lipinski definition) is 7. The average Bonchev–Trinajstić information content (AvgIpc) is 3.06. The largest absolute Gasteiger partial charge is 0.492 e. The van der Waals surface area contributed by atoms with Crippen LogP contribution in [-0.2, 0) is 0 Å². The van der Waals surface area contributed by atoms with Gasteiger partial charge in [-0.2, -0.15) is 0 Å². The van der Waals surface area contributed by atoms with Crippen LogP contribution in [0.15, 0.2) is 48.5 Å². The Hall–Kier alpha value is -2.97. The quantitative estimate of drug-likeness (QED) is 0.539. The zero-order valence-corrected chi connectivity index (χ0v) is 17.3. The molecule has 0 bridgehead atoms. The molecule has 0 amide bonds. The van der Waals surface area contributed by atoms with Crippen LogP contribution in [0.2, 0.25) is 0 Å². The highest BCUT2D eigenvalue weighted by atomic mass is 32.1. The van der Waals surface area contributed by atoms with Crippen LogP contribution in [0.4, 0.5) is 21.0 Å². The van der Waals surface area contributed by atoms with Gasteiger partial charge in [-0.15, -0.1) is 0 Å². The number of rotatable bonds is 8. The number of benzene rings is 2. The number of hydrogen-bond donors (Lipinski definition) is 2. The summed E-state index contributed by atoms with van der Waals surface area (Å²) < 4.78 is 19.2. The number of ether oxygens (including phenoxy) is 1. The lowest BCUT2D eigenvalue weighted by Gasteiger charge is -2.20. The van der Waals surface area contributed by atoms with E-state index in [1.807, 2.05) is 38.4 Å². The number of nitrogens with two attached hydrogens (primary N) is 1. The third kappa shape index (κ3) is 5.30. The molecular weight excluding hydrogens is 391 g/mol. The summed E-state index contributed by atoms with van der Waals surface area (Å²) in [5.41, 5.74) is 6.93. The summed E-state index contributed by atoms with van der Waals surface area (Å²) in [6.07, 6.45) is 0. The van der Waals surface area contributed by atoms with Gasteiger partial charge in [0.15, 0.2) is 5.13 Å². The van der Waals surface area contributed by atoms with Gasteiger partial charge >= 0.3 is 0 Å². The van der Waals surface area contributed by atoms with Crippen molar-refractivity contribution in [2.45, 2.75) is 13.0 Å². The van der Waals surface area contributed by atoms with Crippen molar-refractivity contribution < 1.29 is 13.9 Å². The molecule has 1 aromatic heterocycles. The molecule has 2 aromatic carbocycles. The number of nitrogens with zero attached hydrogens (tertiary/aromatic N) is 2. The summed E-state index contributed by atoms with van der Waals surface area (Å²) in [7, 11) is 4.02. The Morgan fingerprint density at radius 2 is 2.00 bits per heavy atom. The van der Waals surface area contributed by atoms with Crippen molar-refractivity contribution in [3.05, 3.63) is 64.8 Å². The zero-order valence-electron chi connectivity index (χ0n) is 16.5. The second-order valence-corrected chi connectivity index (χ2v) is 7.84. The van der Waals surface area contributed by atoms with Crippen molar-refractivity contribution in [2.75, 3.05) is 31.8 Å². The van der Waals surface area contributed by atoms with Crippen LogP contribution in [0.25, 0.3) is 0 Å². The molecular formula is C21H23FN4O2S. The van der Waals surface area contributed by atoms with Gasteiger partial charge in [0.2, 0.25) is 5.78 Å². The van der Waals surface area contributed by atoms with Gasteiger partial charge in [-0.05, 0) is 57.4 Å². The second-order valence-electron chi connectivity index (χ2n) is 6.85. The van der Waals surface area contributed by atoms with E-state index in [1.165, 1.54) is 18.2 Å². The van der Waals surface area contributed by atoms with Crippen LogP contribution in [-0.4, -0.2) is 42.4 Å². The Morgan fingerprint density at radius 3 is 2.66 bits per heavy atom. The summed E-state index contributed by atoms with van der Waals surface area (Å²) in [5, 5.41) is 3.61. The summed E-state index contributed by atoms with van der Waals surface area (Å²) in [4.78, 5) is 19.2. The number of likely N-dealkylation sites (N-methyl/N-ethyl adjacent to an activating group) is 1. The van der Waals surface area contributed by atoms with Crippen molar-refractivity contribution in [3.63, 3.8) is 0 Å². The Bertz CT molecular complexity index is 989. The van der Waals surface area contributed by atoms with Crippen molar-refractivity contribution in [3.8, 4) is 5.75 Å². The molecule has 1 atom stereocenters. The smallest absolute Gasteiger partial charge is 0.206 e. The maximum Gasteiger partial charge on any atom is 0.206 e. The van der Waals surface area contributed by atoms with E-state index in [9.17, 15) is 9.18 Å². The Kier molecular flexibility index (Phi) is 6.46. The maximum absolute atomic E-state index is 13.4. The summed E-state index contributed by atoms with van der Waals surface area (Å²) in [6.45, 7) is 2.68. The third-order valence-corrected chi connectivity index (χ3v) is 5.41. The Balaban J connectivity index is 1.67. The van der Waals surface area contributed by atoms with Gasteiger partial charge in [0.25, 0.3) is 0 Å². The molecule has 0 fully saturated rings. The van der Waals surface area contributed by atoms with Crippen LogP contribution in [0, 0.1) is 5.82 Å². The van der Waals surface area contributed by atoms with Gasteiger partial charge in [0.1, 0.15) is 28.9 Å². The van der Waals surface area contributed by atoms with Crippen LogP contribution in [0.1, 0.15) is 22.2 Å². The van der Waals surface area contributed by atoms with Gasteiger partial charge in [-0.3, -0.25) is 4.79 Å². The van der Waals surface area contributed by atoms with Crippen molar-refractivity contribution >= 4 is 33.8 Å². The van der Waals surface area contributed by atoms with Crippen LogP contribution in [0.3, 0.4) is 0 Å². The highest BCUT2D eigenvalue weighted by molar-refractivity contribution is 7.18. The highest BCUT2D eigenvalue weighted by Gasteiger charge is 2.18. The van der Waals surface area contributed by atoms with Crippen LogP contribution < -0.4 is 15.8 Å². The van der Waals surface area contributed by atoms with Crippen molar-refractivity contribution in [2.24, 2.45) is 0 Å². The first-order valence-corrected chi connectivity index (χ1v) is 9.88. The summed E-state index contributed by atoms with van der Waals surface area (Å²) in [5.74, 6) is 0.0557. The molecule has 0 aliphatic carbocycles. The first-order valence-electron chi connectivity index (χ1n) is 9.06. The van der Waals surface area contributed by atoms with Crippen molar-refractivity contribution in [1.82, 2.24) is 9.88 Å². The van der Waals surface area contributed by atoms with Gasteiger partial charge in [-0.1, -0.05) is 23.5 Å². The minimum absolute atomic E-state index is 0.115. The Morgan fingerprint density at radius 1 is 1.28 bits per heavy atom. The molecule has 0 saturated carbocycles. The van der Waals surface area contributed by atoms with Crippen LogP contribution in [0.5, 0.6) is 5.75 Å². The van der Waals surface area contributed by atoms with E-state index in [0.717, 1.165) is 22.8 Å². The van der Waals surface area contributed by atoms with E-state index in [4.69, 9.17) is 10.5 Å². The maximum atomic E-state index is 13.4. The predicted molar refractivity (Wildman–Crippen MR) is 115 cm³/mol. The number of anilines is 3. The number of nitrogens with one attached hydrogen (secondary N) is 1. The lowest BCUT2D eigenvalue weighted by Crippen LogP contribution is -2.30. The molecule has 1 heterocycles. The minimum atomic E-state index is -0.473. The zero-order chi connectivity index (χ0) is 21.0. The number of carbonyl (C=O) groups is 1. The molecule has 152 valence electrons. The van der Waals surface area contributed by atoms with E-state index in [2.05, 4.69) is 22.1 Å². The molecule has 29 heavy (non-hydrogen) atoms. The molecule has 3 rings (SSSR count). The fourth-order valence-electron chi connectivity index (χ4n) is 2.43. The van der Waals surface area contributed by atoms with E-state index < -0.39 is 5.82 Å². The molecule has 0 aliphatic rings. The molecule has 1 unspecified atom stereocenters. The monoisotopic (exact) mass is 414 g/mol. The first kappa shape index (κ1) is 20.8. The fourth-order valence-corrected chi connectivity index (χ4v) is 3.30. The van der Waals surface area contributed by atoms with E-state index in [0.29, 0.717) is 17.8 Å². The molecule has 0 radical (unpaired) electrons. The lowest BCUT2D eigenvalue weighted by atomic mass is 10.1. The predicted octanol–water partition coefficient (Wildman–Crippen LogP) is 4.17. The molecule has 3 aromatic rings. The minimum Gasteiger partial charge on any atom is -0.492 e. The molecule has 0 aliphatic heterocycles. The summed E-state index contributed by atoms with van der Waals surface area (Å²) >= 11 is 1.13. The molecule has 8 heteroatoms. The normalized spacial score (nSPS) is 12.0. The Labute approximate surface area is 173 Å². The van der Waals surface area contributed by atoms with E-state index >= 15 is 0 Å². The number of thiazole rings is 1. The van der Waals surface area contributed by atoms with Gasteiger partial charge in [-0.25, -0.2) is 9.37 Å². The van der Waals surface area contributed by atoms with Crippen LogP contribution >= 0.6 is 11.3 Å². The fraction of sp³-hybridized carbons (Fsp3) is 0.238. The molecule has 3 N–H and O–H groups in total. The number of ketones is 1. The molecule has 0 saturated heterocycles. The highest BCUT2D eigenvalue weighted by Crippen LogP contribution is 2.30. The van der Waals surface area contributed by atoms with E-state index in [1.54, 1.807) is 6.07 Å². The molecule has 6 nitrogen and oxygen atoms in total.